The molecule has 1 atom stereocenters. The Balaban J connectivity index is 1.37. The van der Waals surface area contributed by atoms with Crippen molar-refractivity contribution in [1.29, 1.82) is 0 Å². The van der Waals surface area contributed by atoms with E-state index in [1.807, 2.05) is 0 Å². The van der Waals surface area contributed by atoms with E-state index in [0.717, 1.165) is 51.4 Å². The minimum atomic E-state index is -0.557. The molecule has 2 amide bonds. The van der Waals surface area contributed by atoms with Gasteiger partial charge < -0.3 is 14.8 Å². The second-order valence-corrected chi connectivity index (χ2v) is 12.8. The first-order valence-electron chi connectivity index (χ1n) is 18.3. The number of esters is 1. The number of amides is 2. The predicted molar refractivity (Wildman–Crippen MR) is 182 cm³/mol. The van der Waals surface area contributed by atoms with E-state index in [4.69, 9.17) is 15.9 Å². The summed E-state index contributed by atoms with van der Waals surface area (Å²) in [5, 5.41) is 2.99. The van der Waals surface area contributed by atoms with Crippen LogP contribution in [0.25, 0.3) is 0 Å². The summed E-state index contributed by atoms with van der Waals surface area (Å²) in [6.07, 6.45) is 36.1. The first-order chi connectivity index (χ1) is 22.1. The smallest absolute Gasteiger partial charge is 0.413 e. The Morgan fingerprint density at radius 2 is 1.38 bits per heavy atom. The molecule has 0 aromatic rings. The number of allylic oxidation sites excluding steroid dienone is 2. The van der Waals surface area contributed by atoms with Crippen LogP contribution in [0.2, 0.25) is 0 Å². The minimum absolute atomic E-state index is 0.0830. The second kappa shape index (κ2) is 25.4. The Morgan fingerprint density at radius 1 is 0.800 bits per heavy atom. The van der Waals surface area contributed by atoms with Crippen LogP contribution in [-0.2, 0) is 19.1 Å². The lowest BCUT2D eigenvalue weighted by atomic mass is 9.98. The second-order valence-electron chi connectivity index (χ2n) is 12.8. The van der Waals surface area contributed by atoms with Crippen molar-refractivity contribution in [3.63, 3.8) is 0 Å². The van der Waals surface area contributed by atoms with E-state index in [2.05, 4.69) is 30.3 Å². The molecule has 0 spiro atoms. The molecule has 0 saturated heterocycles. The third kappa shape index (κ3) is 17.5. The summed E-state index contributed by atoms with van der Waals surface area (Å²) >= 11 is 0. The maximum absolute atomic E-state index is 12.7. The van der Waals surface area contributed by atoms with Crippen molar-refractivity contribution in [2.45, 2.75) is 167 Å². The van der Waals surface area contributed by atoms with Gasteiger partial charge in [0.15, 0.2) is 0 Å². The summed E-state index contributed by atoms with van der Waals surface area (Å²) in [5.74, 6) is 2.27. The normalized spacial score (nSPS) is 15.4. The molecular formula is C38H62N2O5. The lowest BCUT2D eigenvalue weighted by Gasteiger charge is -2.28. The molecule has 7 heteroatoms. The van der Waals surface area contributed by atoms with Gasteiger partial charge in [0, 0.05) is 19.4 Å². The molecule has 0 bridgehead atoms. The average molecular weight is 627 g/mol. The van der Waals surface area contributed by atoms with Gasteiger partial charge in [-0.3, -0.25) is 14.5 Å². The van der Waals surface area contributed by atoms with Crippen LogP contribution in [0.4, 0.5) is 4.79 Å². The van der Waals surface area contributed by atoms with Gasteiger partial charge in [-0.1, -0.05) is 121 Å². The summed E-state index contributed by atoms with van der Waals surface area (Å²) < 4.78 is 10.4. The molecule has 1 N–H and O–H groups in total. The van der Waals surface area contributed by atoms with Crippen LogP contribution in [0.5, 0.6) is 0 Å². The van der Waals surface area contributed by atoms with Crippen molar-refractivity contribution in [3.05, 3.63) is 23.3 Å². The lowest BCUT2D eigenvalue weighted by molar-refractivity contribution is -0.152. The number of ether oxygens (including phenoxy) is 2. The average Bonchev–Trinajstić information content (AvgIpc) is 3.47. The molecule has 45 heavy (non-hydrogen) atoms. The predicted octanol–water partition coefficient (Wildman–Crippen LogP) is 9.31. The van der Waals surface area contributed by atoms with E-state index in [9.17, 15) is 14.4 Å². The van der Waals surface area contributed by atoms with Crippen LogP contribution in [0, 0.1) is 12.3 Å². The van der Waals surface area contributed by atoms with E-state index >= 15 is 0 Å². The van der Waals surface area contributed by atoms with Gasteiger partial charge in [-0.05, 0) is 56.1 Å². The molecule has 1 fully saturated rings. The quantitative estimate of drug-likeness (QED) is 0.0448. The molecule has 0 unspecified atom stereocenters. The molecular weight excluding hydrogens is 564 g/mol. The number of hydrogen-bond donors (Lipinski definition) is 1. The lowest BCUT2D eigenvalue weighted by Crippen LogP contribution is -2.41. The third-order valence-corrected chi connectivity index (χ3v) is 9.00. The standard InChI is InChI=1S/C38H62N2O5/c1-3-5-6-7-8-9-10-11-12-13-14-15-16-17-19-26-36(41)39-30-23-18-20-27-37(42)44-32-45-38(43)40(31-4-2)35-29-28-33-24-21-22-25-34(33)35/h2,24-25,35H,3,5-23,26-32H2,1H3,(H,39,41)/t35-/m1/s1. The van der Waals surface area contributed by atoms with Gasteiger partial charge in [-0.15, -0.1) is 6.42 Å². The van der Waals surface area contributed by atoms with Crippen molar-refractivity contribution < 1.29 is 23.9 Å². The maximum atomic E-state index is 12.7. The number of hydrogen-bond acceptors (Lipinski definition) is 5. The molecule has 0 aromatic heterocycles. The zero-order valence-electron chi connectivity index (χ0n) is 28.4. The maximum Gasteiger partial charge on any atom is 0.413 e. The van der Waals surface area contributed by atoms with Crippen LogP contribution in [0.15, 0.2) is 23.3 Å². The summed E-state index contributed by atoms with van der Waals surface area (Å²) in [4.78, 5) is 38.4. The van der Waals surface area contributed by atoms with Crippen molar-refractivity contribution in [1.82, 2.24) is 10.2 Å². The van der Waals surface area contributed by atoms with Gasteiger partial charge in [-0.2, -0.15) is 0 Å². The molecule has 254 valence electrons. The molecule has 0 aliphatic heterocycles. The van der Waals surface area contributed by atoms with Crippen LogP contribution < -0.4 is 5.32 Å². The van der Waals surface area contributed by atoms with Crippen LogP contribution >= 0.6 is 0 Å². The first-order valence-corrected chi connectivity index (χ1v) is 18.3. The highest BCUT2D eigenvalue weighted by Crippen LogP contribution is 2.37. The molecule has 0 aromatic carbocycles. The van der Waals surface area contributed by atoms with Crippen LogP contribution in [0.3, 0.4) is 0 Å². The van der Waals surface area contributed by atoms with Gasteiger partial charge in [0.25, 0.3) is 0 Å². The number of fused-ring (bicyclic) bond motifs is 1. The molecule has 7 nitrogen and oxygen atoms in total. The Labute approximate surface area is 274 Å². The molecule has 2 rings (SSSR count). The Kier molecular flexibility index (Phi) is 21.7. The SMILES string of the molecule is C#CCN(C(=O)OCOC(=O)CCCCCNC(=O)CCCCCCCCCCCCCCCCC)[C@@H]1CCC2=CCCC=C21. The summed E-state index contributed by atoms with van der Waals surface area (Å²) in [5.41, 5.74) is 2.47. The summed E-state index contributed by atoms with van der Waals surface area (Å²) in [7, 11) is 0. The summed E-state index contributed by atoms with van der Waals surface area (Å²) in [6, 6.07) is -0.0830. The van der Waals surface area contributed by atoms with Crippen molar-refractivity contribution >= 4 is 18.0 Å². The fraction of sp³-hybridized carbons (Fsp3) is 0.763. The van der Waals surface area contributed by atoms with Gasteiger partial charge in [-0.25, -0.2) is 4.79 Å². The van der Waals surface area contributed by atoms with Gasteiger partial charge in [0.2, 0.25) is 12.7 Å². The van der Waals surface area contributed by atoms with Crippen LogP contribution in [-0.4, -0.2) is 48.8 Å². The van der Waals surface area contributed by atoms with E-state index in [1.165, 1.54) is 94.6 Å². The Bertz CT molecular complexity index is 950. The van der Waals surface area contributed by atoms with E-state index in [-0.39, 0.29) is 24.9 Å². The molecule has 1 saturated carbocycles. The number of carbonyl (C=O) groups is 3. The number of nitrogens with one attached hydrogen (secondary N) is 1. The zero-order valence-corrected chi connectivity index (χ0v) is 28.4. The highest BCUT2D eigenvalue weighted by atomic mass is 16.7. The fourth-order valence-corrected chi connectivity index (χ4v) is 6.36. The monoisotopic (exact) mass is 626 g/mol. The summed E-state index contributed by atoms with van der Waals surface area (Å²) in [6.45, 7) is 2.64. The highest BCUT2D eigenvalue weighted by Gasteiger charge is 2.34. The highest BCUT2D eigenvalue weighted by molar-refractivity contribution is 5.75. The first kappa shape index (κ1) is 38.4. The van der Waals surface area contributed by atoms with Crippen molar-refractivity contribution in [3.8, 4) is 12.3 Å². The van der Waals surface area contributed by atoms with Gasteiger partial charge in [0.1, 0.15) is 0 Å². The largest absolute Gasteiger partial charge is 0.428 e. The minimum Gasteiger partial charge on any atom is -0.428 e. The molecule has 0 heterocycles. The Hall–Kier alpha value is -2.75. The van der Waals surface area contributed by atoms with E-state index in [1.54, 1.807) is 4.90 Å². The number of carbonyl (C=O) groups excluding carboxylic acids is 3. The number of terminal acetylenes is 1. The fourth-order valence-electron chi connectivity index (χ4n) is 6.36. The van der Waals surface area contributed by atoms with Crippen molar-refractivity contribution in [2.75, 3.05) is 19.9 Å². The number of unbranched alkanes of at least 4 members (excludes halogenated alkanes) is 16. The molecule has 2 aliphatic rings. The third-order valence-electron chi connectivity index (χ3n) is 9.00. The number of rotatable bonds is 26. The number of nitrogens with zero attached hydrogens (tertiary/aromatic N) is 1. The van der Waals surface area contributed by atoms with E-state index < -0.39 is 18.9 Å². The molecule has 2 aliphatic carbocycles. The van der Waals surface area contributed by atoms with E-state index in [0.29, 0.717) is 19.4 Å². The topological polar surface area (TPSA) is 84.9 Å². The van der Waals surface area contributed by atoms with Gasteiger partial charge >= 0.3 is 12.1 Å². The van der Waals surface area contributed by atoms with Crippen LogP contribution in [0.1, 0.15) is 161 Å². The Morgan fingerprint density at radius 3 is 2.02 bits per heavy atom. The van der Waals surface area contributed by atoms with Crippen molar-refractivity contribution in [2.24, 2.45) is 0 Å². The zero-order chi connectivity index (χ0) is 32.4. The molecule has 0 radical (unpaired) electrons. The van der Waals surface area contributed by atoms with Gasteiger partial charge in [0.05, 0.1) is 12.6 Å².